The normalized spacial score (nSPS) is 11.9. The summed E-state index contributed by atoms with van der Waals surface area (Å²) < 4.78 is 0. The Bertz CT molecular complexity index is 1650. The maximum absolute atomic E-state index is 12.8. The van der Waals surface area contributed by atoms with Crippen LogP contribution < -0.4 is 26.9 Å². The van der Waals surface area contributed by atoms with E-state index >= 15 is 0 Å². The Labute approximate surface area is 225 Å². The number of benzene rings is 2. The molecule has 0 saturated carbocycles. The van der Waals surface area contributed by atoms with E-state index < -0.39 is 0 Å². The summed E-state index contributed by atoms with van der Waals surface area (Å²) in [6.07, 6.45) is 4.10. The van der Waals surface area contributed by atoms with Gasteiger partial charge in [0.25, 0.3) is 5.91 Å². The second-order valence-electron chi connectivity index (χ2n) is 9.38. The average Bonchev–Trinajstić information content (AvgIpc) is 3.37. The van der Waals surface area contributed by atoms with Gasteiger partial charge in [0.15, 0.2) is 5.69 Å². The molecule has 0 bridgehead atoms. The number of para-hydroxylation sites is 2. The minimum absolute atomic E-state index is 0.0597. The fraction of sp³-hybridized carbons (Fsp3) is 0.241. The first-order chi connectivity index (χ1) is 18.8. The van der Waals surface area contributed by atoms with Crippen LogP contribution in [0.25, 0.3) is 23.7 Å². The van der Waals surface area contributed by atoms with Gasteiger partial charge in [-0.15, -0.1) is 5.11 Å². The Morgan fingerprint density at radius 2 is 1.87 bits per heavy atom. The van der Waals surface area contributed by atoms with Crippen molar-refractivity contribution in [2.24, 2.45) is 10.2 Å². The fourth-order valence-corrected chi connectivity index (χ4v) is 4.45. The Kier molecular flexibility index (Phi) is 8.45. The molecule has 0 unspecified atom stereocenters. The number of hydrogen-bond acceptors (Lipinski definition) is 6. The number of nitrogens with zero attached hydrogens (tertiary/aromatic N) is 2. The number of carbonyl (C=O) groups excluding carboxylic acids is 2. The van der Waals surface area contributed by atoms with Crippen LogP contribution in [-0.4, -0.2) is 33.4 Å². The Hall–Kier alpha value is -4.86. The largest absolute Gasteiger partial charge is 0.493 e. The number of amides is 2. The predicted octanol–water partition coefficient (Wildman–Crippen LogP) is 4.26. The quantitative estimate of drug-likeness (QED) is 0.103. The van der Waals surface area contributed by atoms with Crippen LogP contribution in [0.4, 0.5) is 17.1 Å². The molecule has 0 radical (unpaired) electrons. The lowest BCUT2D eigenvalue weighted by molar-refractivity contribution is -0.116. The molecule has 10 nitrogen and oxygen atoms in total. The molecule has 0 atom stereocenters. The van der Waals surface area contributed by atoms with Crippen molar-refractivity contribution < 1.29 is 14.7 Å². The molecular weight excluding hydrogens is 494 g/mol. The van der Waals surface area contributed by atoms with Crippen LogP contribution in [0.3, 0.4) is 0 Å². The first-order valence-electron chi connectivity index (χ1n) is 12.8. The minimum Gasteiger partial charge on any atom is -0.493 e. The van der Waals surface area contributed by atoms with Gasteiger partial charge in [-0.3, -0.25) is 9.59 Å². The number of anilines is 2. The summed E-state index contributed by atoms with van der Waals surface area (Å²) >= 11 is 0. The number of nitrogens with one attached hydrogen (secondary N) is 4. The van der Waals surface area contributed by atoms with Gasteiger partial charge in [-0.05, 0) is 50.5 Å². The van der Waals surface area contributed by atoms with Crippen LogP contribution in [0.5, 0.6) is 5.88 Å². The number of H-pyrrole nitrogens is 2. The molecule has 0 aliphatic carbocycles. The molecule has 4 aromatic rings. The third kappa shape index (κ3) is 6.35. The van der Waals surface area contributed by atoms with Crippen LogP contribution in [-0.2, 0) is 4.79 Å². The third-order valence-corrected chi connectivity index (χ3v) is 6.48. The molecule has 0 fully saturated rings. The summed E-state index contributed by atoms with van der Waals surface area (Å²) in [7, 11) is 0. The van der Waals surface area contributed by atoms with E-state index in [1.54, 1.807) is 19.1 Å². The summed E-state index contributed by atoms with van der Waals surface area (Å²) in [5.74, 6) is -0.374. The van der Waals surface area contributed by atoms with Crippen molar-refractivity contribution in [3.63, 3.8) is 0 Å². The van der Waals surface area contributed by atoms with E-state index in [1.807, 2.05) is 37.3 Å². The Morgan fingerprint density at radius 3 is 2.67 bits per heavy atom. The number of carbonyl (C=O) groups is 2. The van der Waals surface area contributed by atoms with Gasteiger partial charge in [-0.1, -0.05) is 37.3 Å². The van der Waals surface area contributed by atoms with Crippen molar-refractivity contribution in [3.05, 3.63) is 69.9 Å². The number of aromatic amines is 2. The average molecular weight is 528 g/mol. The van der Waals surface area contributed by atoms with Crippen molar-refractivity contribution >= 4 is 52.6 Å². The number of hydrogen-bond donors (Lipinski definition) is 6. The summed E-state index contributed by atoms with van der Waals surface area (Å²) in [5.41, 5.74) is 10.2. The highest BCUT2D eigenvalue weighted by atomic mass is 16.3. The van der Waals surface area contributed by atoms with E-state index in [1.165, 1.54) is 6.20 Å². The number of unbranched alkanes of at least 4 members (excludes halogenated alkanes) is 2. The van der Waals surface area contributed by atoms with Crippen molar-refractivity contribution in [3.8, 4) is 5.88 Å². The first-order valence-corrected chi connectivity index (χ1v) is 12.8. The van der Waals surface area contributed by atoms with Gasteiger partial charge in [0.05, 0.1) is 34.0 Å². The number of fused-ring (bicyclic) bond motifs is 1. The topological polar surface area (TPSA) is 161 Å². The van der Waals surface area contributed by atoms with Gasteiger partial charge in [0.2, 0.25) is 11.8 Å². The molecular formula is C29H33N7O3. The molecule has 2 aromatic heterocycles. The maximum Gasteiger partial charge on any atom is 0.253 e. The summed E-state index contributed by atoms with van der Waals surface area (Å²) in [6.45, 7) is 8.26. The number of aromatic nitrogens is 2. The Morgan fingerprint density at radius 1 is 1.08 bits per heavy atom. The van der Waals surface area contributed by atoms with Crippen LogP contribution in [0.15, 0.2) is 52.7 Å². The lowest BCUT2D eigenvalue weighted by atomic mass is 10.1. The molecule has 0 aliphatic heterocycles. The molecule has 0 aliphatic rings. The second-order valence-corrected chi connectivity index (χ2v) is 9.38. The zero-order valence-electron chi connectivity index (χ0n) is 22.1. The van der Waals surface area contributed by atoms with E-state index in [-0.39, 0.29) is 17.7 Å². The molecule has 2 amide bonds. The van der Waals surface area contributed by atoms with Gasteiger partial charge in [0, 0.05) is 29.3 Å². The van der Waals surface area contributed by atoms with Gasteiger partial charge >= 0.3 is 0 Å². The van der Waals surface area contributed by atoms with Crippen LogP contribution >= 0.6 is 0 Å². The molecule has 0 saturated heterocycles. The molecule has 2 aromatic carbocycles. The van der Waals surface area contributed by atoms with E-state index in [9.17, 15) is 14.7 Å². The van der Waals surface area contributed by atoms with Gasteiger partial charge in [-0.2, -0.15) is 5.11 Å². The predicted molar refractivity (Wildman–Crippen MR) is 154 cm³/mol. The highest BCUT2D eigenvalue weighted by molar-refractivity contribution is 5.97. The number of nitrogens with two attached hydrogens (primary N) is 1. The summed E-state index contributed by atoms with van der Waals surface area (Å²) in [5, 5.41) is 26.2. The molecule has 7 N–H and O–H groups in total. The van der Waals surface area contributed by atoms with Crippen LogP contribution in [0.1, 0.15) is 47.3 Å². The molecule has 10 heteroatoms. The third-order valence-electron chi connectivity index (χ3n) is 6.48. The van der Waals surface area contributed by atoms with Crippen molar-refractivity contribution in [2.45, 2.75) is 39.5 Å². The van der Waals surface area contributed by atoms with E-state index in [4.69, 9.17) is 5.73 Å². The van der Waals surface area contributed by atoms with Gasteiger partial charge in [0.1, 0.15) is 0 Å². The van der Waals surface area contributed by atoms with Gasteiger partial charge in [-0.25, -0.2) is 0 Å². The number of nitrogen functional groups attached to an aromatic ring is 1. The summed E-state index contributed by atoms with van der Waals surface area (Å²) in [4.78, 5) is 31.0. The monoisotopic (exact) mass is 527 g/mol. The lowest BCUT2D eigenvalue weighted by Crippen LogP contribution is -2.32. The molecule has 202 valence electrons. The smallest absolute Gasteiger partial charge is 0.253 e. The van der Waals surface area contributed by atoms with Crippen LogP contribution in [0, 0.1) is 13.8 Å². The molecule has 4 rings (SSSR count). The highest BCUT2D eigenvalue weighted by Gasteiger charge is 2.14. The van der Waals surface area contributed by atoms with Crippen LogP contribution in [0.2, 0.25) is 0 Å². The minimum atomic E-state index is -0.229. The van der Waals surface area contributed by atoms with Gasteiger partial charge < -0.3 is 31.4 Å². The standard InChI is InChI=1S/C29H33N7O3/c1-17-10-9-13-22-25(17)27(29(39)35-22)36-32-16-23-18(2)26(19(3)33-23)28(38)31-15-8-4-5-14-24(37)34-21-12-7-6-11-20(21)30/h6-7,9-13,16,33,35,39H,2,4-5,8,14-15,30H2,1,3H3,(H,31,38)(H,34,37). The lowest BCUT2D eigenvalue weighted by Gasteiger charge is -2.08. The van der Waals surface area contributed by atoms with Crippen molar-refractivity contribution in [2.75, 3.05) is 17.6 Å². The SMILES string of the molecule is C=c1c(C(=O)NCCCCCC(=O)Nc2ccccc2N)c(C)[nH]c1=CN=Nc1c(O)[nH]c2cccc(C)c12. The van der Waals surface area contributed by atoms with E-state index in [2.05, 4.69) is 37.4 Å². The second kappa shape index (κ2) is 12.1. The van der Waals surface area contributed by atoms with E-state index in [0.29, 0.717) is 58.3 Å². The maximum atomic E-state index is 12.8. The first kappa shape index (κ1) is 27.2. The highest BCUT2D eigenvalue weighted by Crippen LogP contribution is 2.37. The van der Waals surface area contributed by atoms with E-state index in [0.717, 1.165) is 29.3 Å². The zero-order chi connectivity index (χ0) is 27.9. The molecule has 2 heterocycles. The number of rotatable bonds is 10. The number of aryl methyl sites for hydroxylation is 2. The molecule has 39 heavy (non-hydrogen) atoms. The van der Waals surface area contributed by atoms with Crippen molar-refractivity contribution in [1.82, 2.24) is 15.3 Å². The number of azo groups is 1. The number of aromatic hydroxyl groups is 1. The fourth-order valence-electron chi connectivity index (χ4n) is 4.45. The molecule has 0 spiro atoms. The Balaban J connectivity index is 1.29. The zero-order valence-corrected chi connectivity index (χ0v) is 22.1. The van der Waals surface area contributed by atoms with Crippen molar-refractivity contribution in [1.29, 1.82) is 0 Å². The summed E-state index contributed by atoms with van der Waals surface area (Å²) in [6, 6.07) is 12.8.